The van der Waals surface area contributed by atoms with Crippen LogP contribution in [-0.2, 0) is 0 Å². The second-order valence-electron chi connectivity index (χ2n) is 4.94. The van der Waals surface area contributed by atoms with E-state index in [9.17, 15) is 0 Å². The number of aromatic nitrogens is 1. The molecule has 0 atom stereocenters. The molecule has 0 spiro atoms. The Labute approximate surface area is 136 Å². The van der Waals surface area contributed by atoms with Crippen LogP contribution in [0.5, 0.6) is 0 Å². The number of allylic oxidation sites excluding steroid dienone is 1. The summed E-state index contributed by atoms with van der Waals surface area (Å²) in [6.45, 7) is 0. The number of hydrogen-bond acceptors (Lipinski definition) is 3. The van der Waals surface area contributed by atoms with E-state index in [1.165, 1.54) is 0 Å². The number of pyridine rings is 1. The zero-order valence-electron chi connectivity index (χ0n) is 12.6. The number of anilines is 1. The number of nitrogens with one attached hydrogen (secondary N) is 1. The molecule has 23 heavy (non-hydrogen) atoms. The number of para-hydroxylation sites is 2. The van der Waals surface area contributed by atoms with Crippen LogP contribution in [0.25, 0.3) is 5.57 Å². The smallest absolute Gasteiger partial charge is 0.0629 e. The molecular formula is C20H17N3. The summed E-state index contributed by atoms with van der Waals surface area (Å²) in [5.74, 6) is 0. The molecule has 1 heterocycles. The molecule has 0 amide bonds. The molecule has 1 N–H and O–H groups in total. The van der Waals surface area contributed by atoms with Crippen LogP contribution < -0.4 is 5.32 Å². The van der Waals surface area contributed by atoms with E-state index in [0.717, 1.165) is 22.5 Å². The van der Waals surface area contributed by atoms with Crippen LogP contribution >= 0.6 is 0 Å². The van der Waals surface area contributed by atoms with Crippen LogP contribution in [0.2, 0.25) is 0 Å². The van der Waals surface area contributed by atoms with Crippen molar-refractivity contribution in [2.75, 3.05) is 5.32 Å². The van der Waals surface area contributed by atoms with Gasteiger partial charge < -0.3 is 5.32 Å². The topological polar surface area (TPSA) is 37.3 Å². The van der Waals surface area contributed by atoms with E-state index >= 15 is 0 Å². The van der Waals surface area contributed by atoms with Gasteiger partial charge in [0.15, 0.2) is 0 Å². The maximum Gasteiger partial charge on any atom is 0.0629 e. The average Bonchev–Trinajstić information content (AvgIpc) is 2.64. The van der Waals surface area contributed by atoms with Gasteiger partial charge in [-0.25, -0.2) is 0 Å². The molecule has 0 radical (unpaired) electrons. The Morgan fingerprint density at radius 2 is 1.48 bits per heavy atom. The minimum atomic E-state index is 0.923. The van der Waals surface area contributed by atoms with Crippen molar-refractivity contribution < 1.29 is 0 Å². The van der Waals surface area contributed by atoms with Gasteiger partial charge in [-0.15, -0.1) is 0 Å². The lowest BCUT2D eigenvalue weighted by molar-refractivity contribution is 1.32. The lowest BCUT2D eigenvalue weighted by Crippen LogP contribution is -1.93. The van der Waals surface area contributed by atoms with Crippen LogP contribution in [0.3, 0.4) is 0 Å². The maximum atomic E-state index is 4.54. The van der Waals surface area contributed by atoms with Crippen molar-refractivity contribution in [2.24, 2.45) is 4.99 Å². The summed E-state index contributed by atoms with van der Waals surface area (Å²) < 4.78 is 0. The maximum absolute atomic E-state index is 4.54. The van der Waals surface area contributed by atoms with Gasteiger partial charge in [0.2, 0.25) is 0 Å². The van der Waals surface area contributed by atoms with E-state index in [1.807, 2.05) is 85.2 Å². The third-order valence-corrected chi connectivity index (χ3v) is 3.29. The highest BCUT2D eigenvalue weighted by atomic mass is 14.8. The monoisotopic (exact) mass is 299 g/mol. The number of benzene rings is 2. The van der Waals surface area contributed by atoms with Crippen molar-refractivity contribution in [1.29, 1.82) is 0 Å². The standard InChI is InChI=1S/C20H17N3/c1-3-7-19(8-4-1)22-15-18(17-11-13-21-14-12-17)16-23-20-9-5-2-6-10-20/h1-16,22H. The number of hydrogen-bond donors (Lipinski definition) is 1. The van der Waals surface area contributed by atoms with Crippen molar-refractivity contribution >= 4 is 23.2 Å². The molecule has 0 aliphatic heterocycles. The third-order valence-electron chi connectivity index (χ3n) is 3.29. The van der Waals surface area contributed by atoms with E-state index in [2.05, 4.69) is 15.3 Å². The van der Waals surface area contributed by atoms with Gasteiger partial charge in [0.05, 0.1) is 5.69 Å². The Balaban J connectivity index is 1.86. The molecule has 2 aromatic carbocycles. The largest absolute Gasteiger partial charge is 0.361 e. The summed E-state index contributed by atoms with van der Waals surface area (Å²) in [5.41, 5.74) is 4.00. The van der Waals surface area contributed by atoms with Crippen molar-refractivity contribution in [3.8, 4) is 0 Å². The summed E-state index contributed by atoms with van der Waals surface area (Å²) in [5, 5.41) is 3.31. The summed E-state index contributed by atoms with van der Waals surface area (Å²) in [6, 6.07) is 23.9. The summed E-state index contributed by atoms with van der Waals surface area (Å²) in [6.07, 6.45) is 7.38. The molecular weight excluding hydrogens is 282 g/mol. The van der Waals surface area contributed by atoms with Gasteiger partial charge in [-0.3, -0.25) is 9.98 Å². The molecule has 3 rings (SSSR count). The van der Waals surface area contributed by atoms with Crippen LogP contribution in [0.4, 0.5) is 11.4 Å². The predicted molar refractivity (Wildman–Crippen MR) is 96.9 cm³/mol. The van der Waals surface area contributed by atoms with Crippen molar-refractivity contribution in [3.05, 3.63) is 97.0 Å². The van der Waals surface area contributed by atoms with Gasteiger partial charge in [-0.1, -0.05) is 36.4 Å². The van der Waals surface area contributed by atoms with Gasteiger partial charge in [0.25, 0.3) is 0 Å². The second-order valence-corrected chi connectivity index (χ2v) is 4.94. The van der Waals surface area contributed by atoms with E-state index in [0.29, 0.717) is 0 Å². The normalized spacial score (nSPS) is 11.6. The first-order chi connectivity index (χ1) is 11.4. The molecule has 0 fully saturated rings. The fraction of sp³-hybridized carbons (Fsp3) is 0. The Bertz CT molecular complexity index is 779. The zero-order chi connectivity index (χ0) is 15.7. The Kier molecular flexibility index (Phi) is 4.93. The van der Waals surface area contributed by atoms with Gasteiger partial charge in [-0.2, -0.15) is 0 Å². The SMILES string of the molecule is C(=Nc1ccccc1)C(=CNc1ccccc1)c1ccncc1. The summed E-state index contributed by atoms with van der Waals surface area (Å²) in [7, 11) is 0. The number of rotatable bonds is 5. The zero-order valence-corrected chi connectivity index (χ0v) is 12.6. The third kappa shape index (κ3) is 4.38. The summed E-state index contributed by atoms with van der Waals surface area (Å²) >= 11 is 0. The van der Waals surface area contributed by atoms with Crippen molar-refractivity contribution in [3.63, 3.8) is 0 Å². The average molecular weight is 299 g/mol. The van der Waals surface area contributed by atoms with Crippen molar-refractivity contribution in [2.45, 2.75) is 0 Å². The van der Waals surface area contributed by atoms with Crippen molar-refractivity contribution in [1.82, 2.24) is 4.98 Å². The Morgan fingerprint density at radius 3 is 2.17 bits per heavy atom. The minimum Gasteiger partial charge on any atom is -0.361 e. The Morgan fingerprint density at radius 1 is 0.826 bits per heavy atom. The molecule has 3 heteroatoms. The molecule has 0 aliphatic rings. The highest BCUT2D eigenvalue weighted by Gasteiger charge is 1.98. The second kappa shape index (κ2) is 7.71. The van der Waals surface area contributed by atoms with E-state index in [4.69, 9.17) is 0 Å². The predicted octanol–water partition coefficient (Wildman–Crippen LogP) is 4.94. The first kappa shape index (κ1) is 14.7. The first-order valence-electron chi connectivity index (χ1n) is 7.43. The molecule has 0 aliphatic carbocycles. The highest BCUT2D eigenvalue weighted by Crippen LogP contribution is 2.16. The van der Waals surface area contributed by atoms with E-state index < -0.39 is 0 Å². The van der Waals surface area contributed by atoms with Crippen LogP contribution in [-0.4, -0.2) is 11.2 Å². The number of aliphatic imine (C=N–C) groups is 1. The fourth-order valence-corrected chi connectivity index (χ4v) is 2.09. The van der Waals surface area contributed by atoms with Crippen LogP contribution in [0.1, 0.15) is 5.56 Å². The minimum absolute atomic E-state index is 0.923. The molecule has 0 saturated heterocycles. The molecule has 3 nitrogen and oxygen atoms in total. The lowest BCUT2D eigenvalue weighted by Gasteiger charge is -2.05. The lowest BCUT2D eigenvalue weighted by atomic mass is 10.1. The summed E-state index contributed by atoms with van der Waals surface area (Å²) in [4.78, 5) is 8.61. The molecule has 3 aromatic rings. The van der Waals surface area contributed by atoms with Crippen LogP contribution in [0, 0.1) is 0 Å². The van der Waals surface area contributed by atoms with E-state index in [-0.39, 0.29) is 0 Å². The van der Waals surface area contributed by atoms with Gasteiger partial charge in [0, 0.05) is 36.1 Å². The van der Waals surface area contributed by atoms with Gasteiger partial charge >= 0.3 is 0 Å². The van der Waals surface area contributed by atoms with E-state index in [1.54, 1.807) is 12.4 Å². The van der Waals surface area contributed by atoms with Gasteiger partial charge in [0.1, 0.15) is 0 Å². The molecule has 0 saturated carbocycles. The molecule has 1 aromatic heterocycles. The Hall–Kier alpha value is -3.20. The number of nitrogens with zero attached hydrogens (tertiary/aromatic N) is 2. The van der Waals surface area contributed by atoms with Crippen LogP contribution in [0.15, 0.2) is 96.4 Å². The molecule has 112 valence electrons. The van der Waals surface area contributed by atoms with Gasteiger partial charge in [-0.05, 0) is 42.0 Å². The fourth-order valence-electron chi connectivity index (χ4n) is 2.09. The molecule has 0 unspecified atom stereocenters. The molecule has 0 bridgehead atoms. The highest BCUT2D eigenvalue weighted by molar-refractivity contribution is 6.10. The first-order valence-corrected chi connectivity index (χ1v) is 7.43. The quantitative estimate of drug-likeness (QED) is 0.678.